The van der Waals surface area contributed by atoms with Crippen LogP contribution in [-0.2, 0) is 20.8 Å². The smallest absolute Gasteiger partial charge is 0.306 e. The molecule has 2 aromatic rings. The zero-order valence-corrected chi connectivity index (χ0v) is 21.5. The van der Waals surface area contributed by atoms with Gasteiger partial charge in [-0.2, -0.15) is 0 Å². The third kappa shape index (κ3) is 4.91. The van der Waals surface area contributed by atoms with Crippen molar-refractivity contribution in [2.24, 2.45) is 11.8 Å². The number of carboxylic acid groups (broad SMARTS) is 1. The number of benzene rings is 2. The molecule has 2 aliphatic rings. The molecule has 1 atom stereocenters. The van der Waals surface area contributed by atoms with E-state index < -0.39 is 51.4 Å². The molecule has 1 saturated carbocycles. The molecular formula is C26H30F2N2O5S. The van der Waals surface area contributed by atoms with Crippen LogP contribution < -0.4 is 10.1 Å². The predicted molar refractivity (Wildman–Crippen MR) is 134 cm³/mol. The fraction of sp³-hybridized carbons (Fsp3) is 0.423. The summed E-state index contributed by atoms with van der Waals surface area (Å²) in [5.74, 6) is -3.73. The maximum Gasteiger partial charge on any atom is 0.306 e. The van der Waals surface area contributed by atoms with Gasteiger partial charge in [-0.05, 0) is 73.4 Å². The number of methoxy groups -OCH3 is 1. The fourth-order valence-corrected chi connectivity index (χ4v) is 6.22. The molecule has 0 bridgehead atoms. The van der Waals surface area contributed by atoms with E-state index in [1.54, 1.807) is 30.9 Å². The first-order chi connectivity index (χ1) is 16.9. The van der Waals surface area contributed by atoms with Gasteiger partial charge in [-0.25, -0.2) is 18.8 Å². The highest BCUT2D eigenvalue weighted by Gasteiger charge is 2.45. The normalized spacial score (nSPS) is 21.7. The average Bonchev–Trinajstić information content (AvgIpc) is 2.74. The third-order valence-corrected chi connectivity index (χ3v) is 8.44. The summed E-state index contributed by atoms with van der Waals surface area (Å²) < 4.78 is 34.9. The van der Waals surface area contributed by atoms with Crippen LogP contribution in [0.5, 0.6) is 5.75 Å². The second kappa shape index (κ2) is 9.72. The zero-order valence-electron chi connectivity index (χ0n) is 20.6. The summed E-state index contributed by atoms with van der Waals surface area (Å²) >= 11 is 0. The molecule has 1 aliphatic heterocycles. The van der Waals surface area contributed by atoms with Crippen molar-refractivity contribution in [2.75, 3.05) is 37.7 Å². The Morgan fingerprint density at radius 3 is 2.25 bits per heavy atom. The minimum atomic E-state index is -1.68. The number of carbonyl (C=O) groups excluding carboxylic acids is 2. The van der Waals surface area contributed by atoms with Crippen molar-refractivity contribution in [1.82, 2.24) is 4.90 Å². The standard InChI is InChI=1S/C26H30F2N2O5S/c1-35-18-5-6-19-14(11-18)7-8-30(25(32)15-9-16(10-15)26(33)34)22(19)24(31)29-17-12-20(27)23(21(28)13-17)36(2,3)4/h5-6,11-13,15-16,22H,7-10H2,1-4H3,(H,29,31)(H,33,34)/t15-,16-,22?. The van der Waals surface area contributed by atoms with Crippen LogP contribution >= 0.6 is 10.0 Å². The Morgan fingerprint density at radius 1 is 1.06 bits per heavy atom. The molecule has 2 aromatic carbocycles. The molecule has 0 saturated heterocycles. The van der Waals surface area contributed by atoms with Crippen LogP contribution in [0.1, 0.15) is 30.0 Å². The number of nitrogens with zero attached hydrogens (tertiary/aromatic N) is 1. The molecular weight excluding hydrogens is 490 g/mol. The number of carbonyl (C=O) groups is 3. The first-order valence-electron chi connectivity index (χ1n) is 11.6. The average molecular weight is 521 g/mol. The topological polar surface area (TPSA) is 95.9 Å². The maximum absolute atomic E-state index is 14.8. The maximum atomic E-state index is 14.8. The Bertz CT molecular complexity index is 1200. The molecule has 2 amide bonds. The zero-order chi connectivity index (χ0) is 26.4. The van der Waals surface area contributed by atoms with Gasteiger partial charge in [0.1, 0.15) is 23.4 Å². The van der Waals surface area contributed by atoms with Gasteiger partial charge in [0.05, 0.1) is 17.9 Å². The molecule has 1 unspecified atom stereocenters. The number of rotatable bonds is 6. The number of fused-ring (bicyclic) bond motifs is 1. The molecule has 10 heteroatoms. The van der Waals surface area contributed by atoms with Crippen LogP contribution in [0.4, 0.5) is 14.5 Å². The molecule has 36 heavy (non-hydrogen) atoms. The Morgan fingerprint density at radius 2 is 1.69 bits per heavy atom. The van der Waals surface area contributed by atoms with E-state index in [1.807, 2.05) is 6.07 Å². The second-order valence-corrected chi connectivity index (χ2v) is 14.1. The Kier molecular flexibility index (Phi) is 7.01. The van der Waals surface area contributed by atoms with Crippen LogP contribution in [0.3, 0.4) is 0 Å². The summed E-state index contributed by atoms with van der Waals surface area (Å²) in [5, 5.41) is 11.8. The lowest BCUT2D eigenvalue weighted by molar-refractivity contribution is -0.154. The molecule has 0 radical (unpaired) electrons. The summed E-state index contributed by atoms with van der Waals surface area (Å²) in [6, 6.07) is 6.38. The van der Waals surface area contributed by atoms with Gasteiger partial charge in [0.2, 0.25) is 5.91 Å². The summed E-state index contributed by atoms with van der Waals surface area (Å²) in [4.78, 5) is 39.5. The van der Waals surface area contributed by atoms with Crippen molar-refractivity contribution < 1.29 is 33.0 Å². The number of carboxylic acids is 1. The first-order valence-corrected chi connectivity index (χ1v) is 14.4. The number of ether oxygens (including phenoxy) is 1. The second-order valence-electron chi connectivity index (χ2n) is 10.0. The largest absolute Gasteiger partial charge is 0.497 e. The number of hydrogen-bond donors (Lipinski definition) is 2. The number of aliphatic carboxylic acids is 1. The van der Waals surface area contributed by atoms with Crippen molar-refractivity contribution in [3.8, 4) is 5.75 Å². The molecule has 1 aliphatic carbocycles. The van der Waals surface area contributed by atoms with E-state index in [0.29, 0.717) is 17.7 Å². The summed E-state index contributed by atoms with van der Waals surface area (Å²) in [5.41, 5.74) is 1.39. The van der Waals surface area contributed by atoms with Crippen molar-refractivity contribution >= 4 is 33.5 Å². The molecule has 1 fully saturated rings. The minimum absolute atomic E-state index is 0.00498. The SMILES string of the molecule is COc1ccc2c(c1)CCN(C(=O)[C@H]1C[C@H](C(=O)O)C1)C2C(=O)Nc1cc(F)c(S(C)(C)C)c(F)c1. The predicted octanol–water partition coefficient (Wildman–Crippen LogP) is 4.20. The van der Waals surface area contributed by atoms with E-state index in [1.165, 1.54) is 12.0 Å². The van der Waals surface area contributed by atoms with Crippen molar-refractivity contribution in [3.05, 3.63) is 53.1 Å². The summed E-state index contributed by atoms with van der Waals surface area (Å²) in [7, 11) is -0.149. The van der Waals surface area contributed by atoms with E-state index in [2.05, 4.69) is 5.32 Å². The van der Waals surface area contributed by atoms with Crippen LogP contribution in [0.25, 0.3) is 0 Å². The Hall–Kier alpha value is -3.14. The minimum Gasteiger partial charge on any atom is -0.497 e. The molecule has 7 nitrogen and oxygen atoms in total. The lowest BCUT2D eigenvalue weighted by atomic mass is 9.73. The number of anilines is 1. The first kappa shape index (κ1) is 25.9. The highest BCUT2D eigenvalue weighted by molar-refractivity contribution is 8.32. The van der Waals surface area contributed by atoms with Gasteiger partial charge in [-0.1, -0.05) is 6.07 Å². The van der Waals surface area contributed by atoms with Crippen LogP contribution in [0.15, 0.2) is 35.2 Å². The number of nitrogens with one attached hydrogen (secondary N) is 1. The van der Waals surface area contributed by atoms with Gasteiger partial charge in [0, 0.05) is 18.2 Å². The van der Waals surface area contributed by atoms with Crippen molar-refractivity contribution in [2.45, 2.75) is 30.2 Å². The van der Waals surface area contributed by atoms with Gasteiger partial charge in [-0.3, -0.25) is 14.4 Å². The van der Waals surface area contributed by atoms with E-state index in [-0.39, 0.29) is 35.9 Å². The van der Waals surface area contributed by atoms with Crippen molar-refractivity contribution in [3.63, 3.8) is 0 Å². The molecule has 2 N–H and O–H groups in total. The molecule has 1 heterocycles. The lowest BCUT2D eigenvalue weighted by Gasteiger charge is -2.41. The Labute approximate surface area is 210 Å². The monoisotopic (exact) mass is 520 g/mol. The molecule has 194 valence electrons. The molecule has 4 rings (SSSR count). The van der Waals surface area contributed by atoms with E-state index >= 15 is 0 Å². The van der Waals surface area contributed by atoms with E-state index in [9.17, 15) is 28.3 Å². The van der Waals surface area contributed by atoms with Gasteiger partial charge >= 0.3 is 5.97 Å². The quantitative estimate of drug-likeness (QED) is 0.595. The summed E-state index contributed by atoms with van der Waals surface area (Å²) in [6.07, 6.45) is 6.27. The highest BCUT2D eigenvalue weighted by atomic mass is 32.3. The van der Waals surface area contributed by atoms with Crippen LogP contribution in [0.2, 0.25) is 0 Å². The van der Waals surface area contributed by atoms with Crippen LogP contribution in [-0.4, -0.2) is 60.2 Å². The van der Waals surface area contributed by atoms with Gasteiger partial charge < -0.3 is 20.1 Å². The van der Waals surface area contributed by atoms with E-state index in [0.717, 1.165) is 17.7 Å². The molecule has 0 spiro atoms. The summed E-state index contributed by atoms with van der Waals surface area (Å²) in [6.45, 7) is 0.250. The number of halogens is 2. The Balaban J connectivity index is 1.65. The third-order valence-electron chi connectivity index (χ3n) is 6.82. The number of amides is 2. The number of hydrogen-bond acceptors (Lipinski definition) is 4. The van der Waals surface area contributed by atoms with Gasteiger partial charge in [0.15, 0.2) is 0 Å². The fourth-order valence-electron chi connectivity index (χ4n) is 4.93. The highest BCUT2D eigenvalue weighted by Crippen LogP contribution is 2.48. The van der Waals surface area contributed by atoms with Crippen LogP contribution in [0, 0.1) is 23.5 Å². The van der Waals surface area contributed by atoms with Gasteiger partial charge in [-0.15, -0.1) is 0 Å². The van der Waals surface area contributed by atoms with Crippen molar-refractivity contribution in [1.29, 1.82) is 0 Å². The van der Waals surface area contributed by atoms with E-state index in [4.69, 9.17) is 4.74 Å². The lowest BCUT2D eigenvalue weighted by Crippen LogP contribution is -2.50. The van der Waals surface area contributed by atoms with Gasteiger partial charge in [0.25, 0.3) is 5.91 Å². The molecule has 0 aromatic heterocycles.